The van der Waals surface area contributed by atoms with Crippen LogP contribution in [-0.2, 0) is 0 Å². The largest absolute Gasteiger partial charge is 0.436 e. The summed E-state index contributed by atoms with van der Waals surface area (Å²) in [5.41, 5.74) is 3.50. The van der Waals surface area contributed by atoms with Crippen LogP contribution in [0.5, 0.6) is 0 Å². The molecule has 0 aliphatic carbocycles. The van der Waals surface area contributed by atoms with Gasteiger partial charge in [0.2, 0.25) is 5.89 Å². The van der Waals surface area contributed by atoms with Crippen LogP contribution in [0.1, 0.15) is 0 Å². The molecule has 2 aromatic carbocycles. The van der Waals surface area contributed by atoms with Crippen molar-refractivity contribution in [3.63, 3.8) is 0 Å². The van der Waals surface area contributed by atoms with Gasteiger partial charge < -0.3 is 4.42 Å². The summed E-state index contributed by atoms with van der Waals surface area (Å²) in [6.45, 7) is 0. The number of hydrogen-bond acceptors (Lipinski definition) is 3. The minimum atomic E-state index is 0.616. The number of rotatable bonds is 1. The van der Waals surface area contributed by atoms with Crippen LogP contribution < -0.4 is 0 Å². The number of fused-ring (bicyclic) bond motifs is 2. The number of pyridine rings is 1. The second-order valence-electron chi connectivity index (χ2n) is 4.37. The van der Waals surface area contributed by atoms with E-state index in [1.165, 1.54) is 0 Å². The molecule has 0 aliphatic rings. The smallest absolute Gasteiger partial charge is 0.229 e. The van der Waals surface area contributed by atoms with E-state index in [1.54, 1.807) is 6.20 Å². The van der Waals surface area contributed by atoms with Crippen molar-refractivity contribution in [2.24, 2.45) is 0 Å². The summed E-state index contributed by atoms with van der Waals surface area (Å²) >= 11 is 0. The van der Waals surface area contributed by atoms with E-state index in [2.05, 4.69) is 9.97 Å². The first-order valence-electron chi connectivity index (χ1n) is 6.11. The molecule has 19 heavy (non-hydrogen) atoms. The molecule has 2 heterocycles. The minimum Gasteiger partial charge on any atom is -0.436 e. The highest BCUT2D eigenvalue weighted by Crippen LogP contribution is 2.28. The van der Waals surface area contributed by atoms with E-state index in [9.17, 15) is 0 Å². The standard InChI is InChI=1S/C16H10N2O/c1-2-9-14-13(8-1)18-16(19-14)12-7-3-5-11-6-4-10-17-15(11)12/h1-10H. The average Bonchev–Trinajstić information content (AvgIpc) is 2.90. The lowest BCUT2D eigenvalue weighted by atomic mass is 10.1. The molecule has 0 unspecified atom stereocenters. The fourth-order valence-electron chi connectivity index (χ4n) is 2.26. The van der Waals surface area contributed by atoms with Gasteiger partial charge in [-0.15, -0.1) is 0 Å². The van der Waals surface area contributed by atoms with Gasteiger partial charge in [0.05, 0.1) is 11.1 Å². The Hall–Kier alpha value is -2.68. The summed E-state index contributed by atoms with van der Waals surface area (Å²) in [6, 6.07) is 17.7. The van der Waals surface area contributed by atoms with Gasteiger partial charge in [0.1, 0.15) is 5.52 Å². The summed E-state index contributed by atoms with van der Waals surface area (Å²) in [5.74, 6) is 0.616. The van der Waals surface area contributed by atoms with Crippen molar-refractivity contribution in [1.82, 2.24) is 9.97 Å². The Labute approximate surface area is 109 Å². The molecule has 3 heteroatoms. The fraction of sp³-hybridized carbons (Fsp3) is 0. The number of benzene rings is 2. The van der Waals surface area contributed by atoms with E-state index in [4.69, 9.17) is 4.42 Å². The van der Waals surface area contributed by atoms with Gasteiger partial charge in [-0.1, -0.05) is 30.3 Å². The van der Waals surface area contributed by atoms with Crippen LogP contribution in [0.25, 0.3) is 33.5 Å². The molecule has 0 bridgehead atoms. The maximum atomic E-state index is 5.81. The predicted molar refractivity (Wildman–Crippen MR) is 74.7 cm³/mol. The topological polar surface area (TPSA) is 38.9 Å². The van der Waals surface area contributed by atoms with Crippen molar-refractivity contribution < 1.29 is 4.42 Å². The molecule has 4 rings (SSSR count). The van der Waals surface area contributed by atoms with Crippen LogP contribution in [0.2, 0.25) is 0 Å². The quantitative estimate of drug-likeness (QED) is 0.508. The van der Waals surface area contributed by atoms with Gasteiger partial charge >= 0.3 is 0 Å². The van der Waals surface area contributed by atoms with Crippen LogP contribution in [0.3, 0.4) is 0 Å². The zero-order valence-electron chi connectivity index (χ0n) is 10.1. The van der Waals surface area contributed by atoms with Gasteiger partial charge in [0, 0.05) is 11.6 Å². The Morgan fingerprint density at radius 1 is 0.842 bits per heavy atom. The molecule has 0 saturated carbocycles. The first-order valence-corrected chi connectivity index (χ1v) is 6.11. The van der Waals surface area contributed by atoms with Gasteiger partial charge in [-0.25, -0.2) is 4.98 Å². The molecule has 0 atom stereocenters. The molecular weight excluding hydrogens is 236 g/mol. The maximum Gasteiger partial charge on any atom is 0.229 e. The van der Waals surface area contributed by atoms with Gasteiger partial charge in [0.25, 0.3) is 0 Å². The summed E-state index contributed by atoms with van der Waals surface area (Å²) < 4.78 is 5.81. The number of para-hydroxylation sites is 3. The monoisotopic (exact) mass is 246 g/mol. The molecule has 90 valence electrons. The highest BCUT2D eigenvalue weighted by Gasteiger charge is 2.11. The lowest BCUT2D eigenvalue weighted by molar-refractivity contribution is 0.620. The van der Waals surface area contributed by atoms with E-state index in [-0.39, 0.29) is 0 Å². The highest BCUT2D eigenvalue weighted by molar-refractivity contribution is 5.92. The second-order valence-corrected chi connectivity index (χ2v) is 4.37. The fourth-order valence-corrected chi connectivity index (χ4v) is 2.26. The summed E-state index contributed by atoms with van der Waals surface area (Å²) in [7, 11) is 0. The van der Waals surface area contributed by atoms with Gasteiger partial charge in [-0.2, -0.15) is 0 Å². The normalized spacial score (nSPS) is 11.2. The van der Waals surface area contributed by atoms with E-state index in [0.717, 1.165) is 27.6 Å². The number of nitrogens with zero attached hydrogens (tertiary/aromatic N) is 2. The summed E-state index contributed by atoms with van der Waals surface area (Å²) in [6.07, 6.45) is 1.79. The lowest BCUT2D eigenvalue weighted by Gasteiger charge is -2.00. The zero-order chi connectivity index (χ0) is 12.7. The second kappa shape index (κ2) is 3.92. The van der Waals surface area contributed by atoms with Crippen molar-refractivity contribution in [3.8, 4) is 11.5 Å². The van der Waals surface area contributed by atoms with Crippen LogP contribution >= 0.6 is 0 Å². The van der Waals surface area contributed by atoms with Crippen molar-refractivity contribution in [2.75, 3.05) is 0 Å². The number of aromatic nitrogens is 2. The SMILES string of the molecule is c1cnc2c(-c3nc4ccccc4o3)cccc2c1. The van der Waals surface area contributed by atoms with Gasteiger partial charge in [-0.3, -0.25) is 4.98 Å². The van der Waals surface area contributed by atoms with Crippen molar-refractivity contribution in [1.29, 1.82) is 0 Å². The molecule has 0 fully saturated rings. The molecular formula is C16H10N2O. The minimum absolute atomic E-state index is 0.616. The molecule has 0 N–H and O–H groups in total. The van der Waals surface area contributed by atoms with Gasteiger partial charge in [-0.05, 0) is 24.3 Å². The summed E-state index contributed by atoms with van der Waals surface area (Å²) in [5, 5.41) is 1.09. The van der Waals surface area contributed by atoms with Crippen LogP contribution in [0, 0.1) is 0 Å². The molecule has 3 nitrogen and oxygen atoms in total. The number of oxazole rings is 1. The first-order chi connectivity index (χ1) is 9.42. The van der Waals surface area contributed by atoms with E-state index in [1.807, 2.05) is 54.6 Å². The Balaban J connectivity index is 2.03. The molecule has 0 amide bonds. The predicted octanol–water partition coefficient (Wildman–Crippen LogP) is 4.04. The number of hydrogen-bond donors (Lipinski definition) is 0. The van der Waals surface area contributed by atoms with Crippen molar-refractivity contribution >= 4 is 22.0 Å². The molecule has 0 radical (unpaired) electrons. The zero-order valence-corrected chi connectivity index (χ0v) is 10.1. The Bertz CT molecular complexity index is 842. The maximum absolute atomic E-state index is 5.81. The van der Waals surface area contributed by atoms with E-state index < -0.39 is 0 Å². The Morgan fingerprint density at radius 3 is 2.68 bits per heavy atom. The highest BCUT2D eigenvalue weighted by atomic mass is 16.3. The van der Waals surface area contributed by atoms with Crippen LogP contribution in [0.15, 0.2) is 65.2 Å². The average molecular weight is 246 g/mol. The molecule has 0 aliphatic heterocycles. The molecule has 2 aromatic heterocycles. The first kappa shape index (κ1) is 10.3. The third kappa shape index (κ3) is 1.59. The molecule has 0 spiro atoms. The van der Waals surface area contributed by atoms with Crippen molar-refractivity contribution in [3.05, 3.63) is 60.8 Å². The van der Waals surface area contributed by atoms with Crippen LogP contribution in [0.4, 0.5) is 0 Å². The third-order valence-electron chi connectivity index (χ3n) is 3.16. The Morgan fingerprint density at radius 2 is 1.74 bits per heavy atom. The molecule has 0 saturated heterocycles. The van der Waals surface area contributed by atoms with Crippen molar-refractivity contribution in [2.45, 2.75) is 0 Å². The lowest BCUT2D eigenvalue weighted by Crippen LogP contribution is -1.83. The summed E-state index contributed by atoms with van der Waals surface area (Å²) in [4.78, 5) is 8.95. The molecule has 4 aromatic rings. The third-order valence-corrected chi connectivity index (χ3v) is 3.16. The van der Waals surface area contributed by atoms with Crippen LogP contribution in [-0.4, -0.2) is 9.97 Å². The Kier molecular flexibility index (Phi) is 2.12. The van der Waals surface area contributed by atoms with E-state index >= 15 is 0 Å². The van der Waals surface area contributed by atoms with E-state index in [0.29, 0.717) is 5.89 Å². The van der Waals surface area contributed by atoms with Gasteiger partial charge in [0.15, 0.2) is 5.58 Å².